The molecule has 1 atom stereocenters. The van der Waals surface area contributed by atoms with E-state index in [0.717, 1.165) is 29.1 Å². The summed E-state index contributed by atoms with van der Waals surface area (Å²) in [5.41, 5.74) is 2.86. The van der Waals surface area contributed by atoms with E-state index in [-0.39, 0.29) is 17.2 Å². The molecule has 12 heteroatoms. The molecule has 1 aliphatic heterocycles. The molecular weight excluding hydrogens is 643 g/mol. The standard InChI is InChI=1S/C36H32F3N3O5S/c1-24-29-23-28(15-16-32(29)47-33(24)35(44)45)48(46)42(18-17-25-7-3-2-4-8-25)31-10-6-5-9-30(31)40-19-21-41(22-20-40)34(43)26-11-13-27(14-12-26)36(37,38)39/h2-16,23H,17-22H2,1H3,(H,44,45). The second kappa shape index (κ2) is 13.6. The summed E-state index contributed by atoms with van der Waals surface area (Å²) in [6.07, 6.45) is -3.87. The van der Waals surface area contributed by atoms with Crippen LogP contribution in [0.25, 0.3) is 11.0 Å². The number of aryl methyl sites for hydroxylation is 1. The number of carboxylic acids is 1. The largest absolute Gasteiger partial charge is 0.475 e. The van der Waals surface area contributed by atoms with Crippen LogP contribution in [0.1, 0.15) is 37.6 Å². The van der Waals surface area contributed by atoms with Crippen LogP contribution in [-0.4, -0.2) is 58.8 Å². The summed E-state index contributed by atoms with van der Waals surface area (Å²) in [7, 11) is -1.70. The van der Waals surface area contributed by atoms with Gasteiger partial charge in [-0.2, -0.15) is 13.2 Å². The molecule has 1 N–H and O–H groups in total. The van der Waals surface area contributed by atoms with Gasteiger partial charge in [0.2, 0.25) is 5.76 Å². The number of benzene rings is 4. The number of para-hydroxylation sites is 2. The van der Waals surface area contributed by atoms with Crippen LogP contribution in [0.3, 0.4) is 0 Å². The van der Waals surface area contributed by atoms with Gasteiger partial charge < -0.3 is 19.3 Å². The number of amides is 1. The lowest BCUT2D eigenvalue weighted by atomic mass is 10.1. The smallest absolute Gasteiger partial charge is 0.416 e. The molecular formula is C36H32F3N3O5S. The summed E-state index contributed by atoms with van der Waals surface area (Å²) in [6, 6.07) is 26.7. The van der Waals surface area contributed by atoms with Crippen LogP contribution < -0.4 is 9.21 Å². The Bertz CT molecular complexity index is 1970. The average molecular weight is 676 g/mol. The van der Waals surface area contributed by atoms with Gasteiger partial charge in [-0.1, -0.05) is 42.5 Å². The molecule has 1 aromatic heterocycles. The third-order valence-electron chi connectivity index (χ3n) is 8.47. The van der Waals surface area contributed by atoms with Crippen LogP contribution in [0.5, 0.6) is 0 Å². The predicted molar refractivity (Wildman–Crippen MR) is 178 cm³/mol. The number of hydrogen-bond donors (Lipinski definition) is 1. The number of fused-ring (bicyclic) bond motifs is 1. The molecule has 0 saturated carbocycles. The number of piperazine rings is 1. The van der Waals surface area contributed by atoms with E-state index in [1.807, 2.05) is 58.9 Å². The maximum Gasteiger partial charge on any atom is 0.416 e. The third kappa shape index (κ3) is 6.79. The van der Waals surface area contributed by atoms with E-state index in [4.69, 9.17) is 4.42 Å². The second-order valence-corrected chi connectivity index (χ2v) is 12.9. The van der Waals surface area contributed by atoms with Crippen molar-refractivity contribution in [1.82, 2.24) is 4.90 Å². The molecule has 48 heavy (non-hydrogen) atoms. The van der Waals surface area contributed by atoms with Crippen LogP contribution in [0.2, 0.25) is 0 Å². The summed E-state index contributed by atoms with van der Waals surface area (Å²) >= 11 is 0. The van der Waals surface area contributed by atoms with Crippen molar-refractivity contribution in [1.29, 1.82) is 0 Å². The van der Waals surface area contributed by atoms with Gasteiger partial charge in [0.1, 0.15) is 5.58 Å². The lowest BCUT2D eigenvalue weighted by Gasteiger charge is -2.38. The Morgan fingerprint density at radius 1 is 0.896 bits per heavy atom. The Morgan fingerprint density at radius 2 is 1.56 bits per heavy atom. The lowest BCUT2D eigenvalue weighted by Crippen LogP contribution is -2.49. The quantitative estimate of drug-likeness (QED) is 0.178. The van der Waals surface area contributed by atoms with Gasteiger partial charge in [-0.05, 0) is 73.5 Å². The molecule has 5 aromatic rings. The van der Waals surface area contributed by atoms with E-state index in [1.165, 1.54) is 12.1 Å². The van der Waals surface area contributed by atoms with Gasteiger partial charge in [0.15, 0.2) is 11.0 Å². The van der Waals surface area contributed by atoms with E-state index < -0.39 is 28.7 Å². The number of nitrogens with zero attached hydrogens (tertiary/aromatic N) is 3. The number of halogens is 3. The monoisotopic (exact) mass is 675 g/mol. The van der Waals surface area contributed by atoms with E-state index in [2.05, 4.69) is 4.90 Å². The van der Waals surface area contributed by atoms with Gasteiger partial charge >= 0.3 is 12.1 Å². The molecule has 1 saturated heterocycles. The number of carboxylic acid groups (broad SMARTS) is 1. The fraction of sp³-hybridized carbons (Fsp3) is 0.222. The molecule has 248 valence electrons. The zero-order chi connectivity index (χ0) is 34.0. The zero-order valence-corrected chi connectivity index (χ0v) is 26.8. The van der Waals surface area contributed by atoms with Gasteiger partial charge in [-0.3, -0.25) is 9.10 Å². The van der Waals surface area contributed by atoms with Gasteiger partial charge in [-0.25, -0.2) is 9.00 Å². The molecule has 6 rings (SSSR count). The van der Waals surface area contributed by atoms with Gasteiger partial charge in [0.25, 0.3) is 5.91 Å². The Hall–Kier alpha value is -5.10. The maximum atomic E-state index is 14.4. The van der Waals surface area contributed by atoms with Gasteiger partial charge in [0.05, 0.1) is 21.8 Å². The molecule has 8 nitrogen and oxygen atoms in total. The number of carbonyl (C=O) groups is 2. The molecule has 0 spiro atoms. The van der Waals surface area contributed by atoms with Crippen molar-refractivity contribution in [2.45, 2.75) is 24.4 Å². The minimum Gasteiger partial charge on any atom is -0.475 e. The molecule has 1 fully saturated rings. The maximum absolute atomic E-state index is 14.4. The average Bonchev–Trinajstić information content (AvgIpc) is 3.44. The summed E-state index contributed by atoms with van der Waals surface area (Å²) in [5, 5.41) is 10.1. The SMILES string of the molecule is Cc1c(C(=O)O)oc2ccc(S(=O)N(CCc3ccccc3)c3ccccc3N3CCN(C(=O)c4ccc(C(F)(F)F)cc4)CC3)cc12. The van der Waals surface area contributed by atoms with E-state index >= 15 is 0 Å². The molecule has 1 amide bonds. The topological polar surface area (TPSA) is 94.3 Å². The van der Waals surface area contributed by atoms with Crippen LogP contribution in [0.4, 0.5) is 24.5 Å². The summed E-state index contributed by atoms with van der Waals surface area (Å²) in [6.45, 7) is 3.68. The number of hydrogen-bond acceptors (Lipinski definition) is 5. The number of aromatic carboxylic acids is 1. The first-order valence-corrected chi connectivity index (χ1v) is 16.4. The molecule has 4 aromatic carbocycles. The third-order valence-corrected chi connectivity index (χ3v) is 9.90. The Kier molecular flexibility index (Phi) is 9.27. The van der Waals surface area contributed by atoms with Gasteiger partial charge in [-0.15, -0.1) is 0 Å². The van der Waals surface area contributed by atoms with Crippen molar-refractivity contribution in [3.05, 3.63) is 125 Å². The molecule has 0 aliphatic carbocycles. The number of anilines is 2. The van der Waals surface area contributed by atoms with Crippen molar-refractivity contribution in [2.75, 3.05) is 41.9 Å². The fourth-order valence-electron chi connectivity index (χ4n) is 5.89. The summed E-state index contributed by atoms with van der Waals surface area (Å²) < 4.78 is 60.8. The van der Waals surface area contributed by atoms with E-state index in [1.54, 1.807) is 30.0 Å². The first kappa shape index (κ1) is 32.8. The van der Waals surface area contributed by atoms with Crippen molar-refractivity contribution < 1.29 is 36.5 Å². The van der Waals surface area contributed by atoms with Crippen molar-refractivity contribution in [2.24, 2.45) is 0 Å². The van der Waals surface area contributed by atoms with Crippen LogP contribution in [-0.2, 0) is 23.6 Å². The summed E-state index contributed by atoms with van der Waals surface area (Å²) in [5.74, 6) is -1.67. The second-order valence-electron chi connectivity index (χ2n) is 11.4. The number of rotatable bonds is 9. The first-order chi connectivity index (χ1) is 23.0. The highest BCUT2D eigenvalue weighted by Crippen LogP contribution is 2.35. The predicted octanol–water partition coefficient (Wildman–Crippen LogP) is 7.19. The zero-order valence-electron chi connectivity index (χ0n) is 25.9. The van der Waals surface area contributed by atoms with Crippen LogP contribution >= 0.6 is 0 Å². The Morgan fingerprint density at radius 3 is 2.23 bits per heavy atom. The number of carbonyl (C=O) groups excluding carboxylic acids is 1. The van der Waals surface area contributed by atoms with Crippen LogP contribution in [0, 0.1) is 6.92 Å². The highest BCUT2D eigenvalue weighted by atomic mass is 32.2. The molecule has 1 unspecified atom stereocenters. The lowest BCUT2D eigenvalue weighted by molar-refractivity contribution is -0.137. The fourth-order valence-corrected chi connectivity index (χ4v) is 7.13. The van der Waals surface area contributed by atoms with Crippen molar-refractivity contribution >= 4 is 45.2 Å². The summed E-state index contributed by atoms with van der Waals surface area (Å²) in [4.78, 5) is 29.0. The molecule has 0 bridgehead atoms. The number of alkyl halides is 3. The minimum atomic E-state index is -4.48. The first-order valence-electron chi connectivity index (χ1n) is 15.3. The highest BCUT2D eigenvalue weighted by molar-refractivity contribution is 7.86. The van der Waals surface area contributed by atoms with Crippen molar-refractivity contribution in [3.8, 4) is 0 Å². The Labute approximate surface area is 277 Å². The molecule has 1 aliphatic rings. The van der Waals surface area contributed by atoms with E-state index in [0.29, 0.717) is 60.6 Å². The Balaban J connectivity index is 1.26. The van der Waals surface area contributed by atoms with Crippen LogP contribution in [0.15, 0.2) is 106 Å². The van der Waals surface area contributed by atoms with Gasteiger partial charge in [0, 0.05) is 49.2 Å². The highest BCUT2D eigenvalue weighted by Gasteiger charge is 2.31. The number of furan rings is 1. The molecule has 2 heterocycles. The van der Waals surface area contributed by atoms with E-state index in [9.17, 15) is 32.1 Å². The minimum absolute atomic E-state index is 0.157. The molecule has 0 radical (unpaired) electrons. The normalized spacial score (nSPS) is 14.2. The van der Waals surface area contributed by atoms with Crippen molar-refractivity contribution in [3.63, 3.8) is 0 Å².